The van der Waals surface area contributed by atoms with Gasteiger partial charge in [0.05, 0.1) is 17.9 Å². The molecule has 0 saturated heterocycles. The first-order chi connectivity index (χ1) is 10.9. The number of ether oxygens (including phenoxy) is 1. The van der Waals surface area contributed by atoms with Crippen molar-refractivity contribution in [2.24, 2.45) is 11.8 Å². The minimum Gasteiger partial charge on any atom is -0.463 e. The lowest BCUT2D eigenvalue weighted by Crippen LogP contribution is -2.36. The molecule has 2 atom stereocenters. The van der Waals surface area contributed by atoms with Crippen LogP contribution in [0, 0.1) is 25.7 Å². The Labute approximate surface area is 137 Å². The van der Waals surface area contributed by atoms with Gasteiger partial charge in [-0.1, -0.05) is 29.8 Å². The Morgan fingerprint density at radius 3 is 2.39 bits per heavy atom. The third-order valence-corrected chi connectivity index (χ3v) is 4.06. The quantitative estimate of drug-likeness (QED) is 0.679. The van der Waals surface area contributed by atoms with Gasteiger partial charge in [0.25, 0.3) is 0 Å². The number of hydrogen-bond donors (Lipinski definition) is 1. The average molecular weight is 315 g/mol. The highest BCUT2D eigenvalue weighted by Gasteiger charge is 2.35. The molecule has 1 aliphatic carbocycles. The van der Waals surface area contributed by atoms with E-state index in [0.29, 0.717) is 12.8 Å². The average Bonchev–Trinajstić information content (AvgIpc) is 2.49. The number of aryl methyl sites for hydroxylation is 2. The third kappa shape index (κ3) is 4.44. The fraction of sp³-hybridized carbons (Fsp3) is 0.474. The Morgan fingerprint density at radius 2 is 1.78 bits per heavy atom. The van der Waals surface area contributed by atoms with Gasteiger partial charge in [-0.05, 0) is 52.2 Å². The zero-order chi connectivity index (χ0) is 17.0. The number of benzene rings is 1. The third-order valence-electron chi connectivity index (χ3n) is 4.06. The second-order valence-corrected chi connectivity index (χ2v) is 6.45. The Hall–Kier alpha value is -2.10. The highest BCUT2D eigenvalue weighted by Crippen LogP contribution is 2.29. The Balaban J connectivity index is 2.12. The number of allylic oxidation sites excluding steroid dienone is 2. The van der Waals surface area contributed by atoms with Gasteiger partial charge in [0.1, 0.15) is 0 Å². The van der Waals surface area contributed by atoms with E-state index in [1.54, 1.807) is 0 Å². The summed E-state index contributed by atoms with van der Waals surface area (Å²) in [5.41, 5.74) is 2.97. The van der Waals surface area contributed by atoms with Gasteiger partial charge >= 0.3 is 5.97 Å². The summed E-state index contributed by atoms with van der Waals surface area (Å²) in [7, 11) is 0. The van der Waals surface area contributed by atoms with E-state index < -0.39 is 5.92 Å². The molecule has 23 heavy (non-hydrogen) atoms. The van der Waals surface area contributed by atoms with Crippen LogP contribution < -0.4 is 5.32 Å². The van der Waals surface area contributed by atoms with Crippen LogP contribution in [0.15, 0.2) is 30.4 Å². The van der Waals surface area contributed by atoms with Crippen molar-refractivity contribution in [1.82, 2.24) is 0 Å². The Morgan fingerprint density at radius 1 is 1.13 bits per heavy atom. The van der Waals surface area contributed by atoms with Crippen molar-refractivity contribution in [3.05, 3.63) is 41.5 Å². The van der Waals surface area contributed by atoms with E-state index in [1.165, 1.54) is 0 Å². The topological polar surface area (TPSA) is 55.4 Å². The number of carbonyl (C=O) groups excluding carboxylic acids is 2. The molecule has 4 nitrogen and oxygen atoms in total. The molecule has 1 aromatic rings. The number of carbonyl (C=O) groups is 2. The van der Waals surface area contributed by atoms with Crippen LogP contribution in [0.3, 0.4) is 0 Å². The number of rotatable bonds is 4. The molecule has 1 aliphatic rings. The number of esters is 1. The summed E-state index contributed by atoms with van der Waals surface area (Å²) in [6.07, 6.45) is 4.86. The van der Waals surface area contributed by atoms with E-state index in [9.17, 15) is 9.59 Å². The van der Waals surface area contributed by atoms with Crippen LogP contribution >= 0.6 is 0 Å². The van der Waals surface area contributed by atoms with E-state index in [4.69, 9.17) is 4.74 Å². The molecule has 0 unspecified atom stereocenters. The maximum atomic E-state index is 12.7. The molecule has 0 heterocycles. The lowest BCUT2D eigenvalue weighted by atomic mass is 9.82. The van der Waals surface area contributed by atoms with Gasteiger partial charge in [0.2, 0.25) is 5.91 Å². The summed E-state index contributed by atoms with van der Waals surface area (Å²) >= 11 is 0. The lowest BCUT2D eigenvalue weighted by molar-refractivity contribution is -0.156. The van der Waals surface area contributed by atoms with Crippen LogP contribution in [0.25, 0.3) is 0 Å². The van der Waals surface area contributed by atoms with Crippen molar-refractivity contribution < 1.29 is 14.3 Å². The molecular formula is C19H25NO3. The summed E-state index contributed by atoms with van der Waals surface area (Å²) in [4.78, 5) is 24.9. The Bertz CT molecular complexity index is 619. The molecule has 1 N–H and O–H groups in total. The predicted molar refractivity (Wildman–Crippen MR) is 91.1 cm³/mol. The van der Waals surface area contributed by atoms with Crippen molar-refractivity contribution in [1.29, 1.82) is 0 Å². The SMILES string of the molecule is Cc1ccc(NC(=O)[C@H]2CC=CC[C@@H]2C(=O)OC(C)C)c(C)c1. The first kappa shape index (κ1) is 17.3. The van der Waals surface area contributed by atoms with E-state index in [1.807, 2.05) is 58.0 Å². The van der Waals surface area contributed by atoms with Gasteiger partial charge in [-0.2, -0.15) is 0 Å². The maximum Gasteiger partial charge on any atom is 0.310 e. The van der Waals surface area contributed by atoms with Gasteiger partial charge in [-0.25, -0.2) is 0 Å². The fourth-order valence-electron chi connectivity index (χ4n) is 2.86. The number of anilines is 1. The number of hydrogen-bond acceptors (Lipinski definition) is 3. The molecular weight excluding hydrogens is 290 g/mol. The summed E-state index contributed by atoms with van der Waals surface area (Å²) in [6.45, 7) is 7.62. The second kappa shape index (κ2) is 7.44. The fourth-order valence-corrected chi connectivity index (χ4v) is 2.86. The minimum atomic E-state index is -0.409. The number of nitrogens with one attached hydrogen (secondary N) is 1. The van der Waals surface area contributed by atoms with Crippen molar-refractivity contribution >= 4 is 17.6 Å². The summed E-state index contributed by atoms with van der Waals surface area (Å²) in [5.74, 6) is -1.20. The first-order valence-corrected chi connectivity index (χ1v) is 8.12. The van der Waals surface area contributed by atoms with Crippen molar-refractivity contribution in [2.45, 2.75) is 46.6 Å². The summed E-state index contributed by atoms with van der Waals surface area (Å²) < 4.78 is 5.31. The molecule has 0 spiro atoms. The molecule has 1 aromatic carbocycles. The van der Waals surface area contributed by atoms with Gasteiger partial charge in [0, 0.05) is 5.69 Å². The largest absolute Gasteiger partial charge is 0.463 e. The minimum absolute atomic E-state index is 0.119. The molecule has 0 bridgehead atoms. The molecule has 0 radical (unpaired) electrons. The lowest BCUT2D eigenvalue weighted by Gasteiger charge is -2.27. The summed E-state index contributed by atoms with van der Waals surface area (Å²) in [5, 5.41) is 2.96. The van der Waals surface area contributed by atoms with Crippen LogP contribution in [-0.2, 0) is 14.3 Å². The molecule has 0 fully saturated rings. The molecule has 1 amide bonds. The highest BCUT2D eigenvalue weighted by molar-refractivity contribution is 5.96. The second-order valence-electron chi connectivity index (χ2n) is 6.45. The smallest absolute Gasteiger partial charge is 0.310 e. The van der Waals surface area contributed by atoms with Crippen molar-refractivity contribution in [3.63, 3.8) is 0 Å². The zero-order valence-corrected chi connectivity index (χ0v) is 14.3. The molecule has 124 valence electrons. The monoisotopic (exact) mass is 315 g/mol. The van der Waals surface area contributed by atoms with Gasteiger partial charge in [-0.15, -0.1) is 0 Å². The van der Waals surface area contributed by atoms with Crippen molar-refractivity contribution in [2.75, 3.05) is 5.32 Å². The van der Waals surface area contributed by atoms with Crippen LogP contribution in [0.1, 0.15) is 37.8 Å². The maximum absolute atomic E-state index is 12.7. The van der Waals surface area contributed by atoms with Gasteiger partial charge in [0.15, 0.2) is 0 Å². The molecule has 0 aliphatic heterocycles. The standard InChI is InChI=1S/C19H25NO3/c1-12(2)23-19(22)16-8-6-5-7-15(16)18(21)20-17-10-9-13(3)11-14(17)4/h5-6,9-12,15-16H,7-8H2,1-4H3,(H,20,21)/t15-,16-/m0/s1. The van der Waals surface area contributed by atoms with Crippen LogP contribution in [0.5, 0.6) is 0 Å². The molecule has 0 saturated carbocycles. The Kier molecular flexibility index (Phi) is 5.59. The molecule has 4 heteroatoms. The van der Waals surface area contributed by atoms with E-state index in [-0.39, 0.29) is 23.9 Å². The molecule has 0 aromatic heterocycles. The highest BCUT2D eigenvalue weighted by atomic mass is 16.5. The van der Waals surface area contributed by atoms with Crippen LogP contribution in [0.2, 0.25) is 0 Å². The first-order valence-electron chi connectivity index (χ1n) is 8.12. The van der Waals surface area contributed by atoms with E-state index in [0.717, 1.165) is 16.8 Å². The summed E-state index contributed by atoms with van der Waals surface area (Å²) in [6, 6.07) is 5.90. The van der Waals surface area contributed by atoms with E-state index in [2.05, 4.69) is 5.32 Å². The predicted octanol–water partition coefficient (Wildman–Crippen LogP) is 3.78. The van der Waals surface area contributed by atoms with Crippen LogP contribution in [0.4, 0.5) is 5.69 Å². The normalized spacial score (nSPS) is 20.4. The van der Waals surface area contributed by atoms with Crippen LogP contribution in [-0.4, -0.2) is 18.0 Å². The van der Waals surface area contributed by atoms with E-state index >= 15 is 0 Å². The van der Waals surface area contributed by atoms with Gasteiger partial charge < -0.3 is 10.1 Å². The van der Waals surface area contributed by atoms with Gasteiger partial charge in [-0.3, -0.25) is 9.59 Å². The van der Waals surface area contributed by atoms with Crippen molar-refractivity contribution in [3.8, 4) is 0 Å². The number of amides is 1. The zero-order valence-electron chi connectivity index (χ0n) is 14.3. The molecule has 2 rings (SSSR count).